The Morgan fingerprint density at radius 3 is 2.70 bits per heavy atom. The van der Waals surface area contributed by atoms with Gasteiger partial charge in [-0.2, -0.15) is 0 Å². The lowest BCUT2D eigenvalue weighted by Crippen LogP contribution is -2.47. The Morgan fingerprint density at radius 2 is 2.05 bits per heavy atom. The molecule has 0 saturated heterocycles. The first-order chi connectivity index (χ1) is 9.66. The van der Waals surface area contributed by atoms with E-state index < -0.39 is 0 Å². The molecule has 2 unspecified atom stereocenters. The molecule has 1 aromatic heterocycles. The summed E-state index contributed by atoms with van der Waals surface area (Å²) in [6.45, 7) is 3.98. The lowest BCUT2D eigenvalue weighted by Gasteiger charge is -2.26. The fourth-order valence-corrected chi connectivity index (χ4v) is 2.75. The number of hydrogen-bond donors (Lipinski definition) is 2. The van der Waals surface area contributed by atoms with Crippen molar-refractivity contribution in [2.24, 2.45) is 0 Å². The second kappa shape index (κ2) is 7.39. The molecule has 4 nitrogen and oxygen atoms in total. The van der Waals surface area contributed by atoms with Gasteiger partial charge in [0.2, 0.25) is 5.91 Å². The number of pyridine rings is 1. The second-order valence-corrected chi connectivity index (χ2v) is 5.74. The lowest BCUT2D eigenvalue weighted by atomic mass is 9.95. The molecule has 0 radical (unpaired) electrons. The first kappa shape index (κ1) is 15.0. The average Bonchev–Trinajstić information content (AvgIpc) is 2.49. The molecule has 0 aromatic carbocycles. The Morgan fingerprint density at radius 1 is 1.30 bits per heavy atom. The van der Waals surface area contributed by atoms with Crippen molar-refractivity contribution in [2.75, 3.05) is 0 Å². The van der Waals surface area contributed by atoms with Gasteiger partial charge in [0, 0.05) is 24.5 Å². The summed E-state index contributed by atoms with van der Waals surface area (Å²) in [5, 5.41) is 6.49. The van der Waals surface area contributed by atoms with E-state index in [9.17, 15) is 4.79 Å². The van der Waals surface area contributed by atoms with Crippen LogP contribution in [0.3, 0.4) is 0 Å². The molecule has 0 aliphatic heterocycles. The van der Waals surface area contributed by atoms with Gasteiger partial charge in [-0.25, -0.2) is 0 Å². The molecular weight excluding hydrogens is 250 g/mol. The summed E-state index contributed by atoms with van der Waals surface area (Å²) in [7, 11) is 0. The summed E-state index contributed by atoms with van der Waals surface area (Å²) < 4.78 is 0. The topological polar surface area (TPSA) is 54.0 Å². The van der Waals surface area contributed by atoms with Gasteiger partial charge in [-0.05, 0) is 38.3 Å². The molecule has 20 heavy (non-hydrogen) atoms. The highest BCUT2D eigenvalue weighted by atomic mass is 16.2. The van der Waals surface area contributed by atoms with Gasteiger partial charge in [-0.15, -0.1) is 0 Å². The zero-order chi connectivity index (χ0) is 14.4. The van der Waals surface area contributed by atoms with E-state index in [1.54, 1.807) is 6.20 Å². The third-order valence-electron chi connectivity index (χ3n) is 4.03. The second-order valence-electron chi connectivity index (χ2n) is 5.74. The largest absolute Gasteiger partial charge is 0.352 e. The summed E-state index contributed by atoms with van der Waals surface area (Å²) in [5.74, 6) is 0.104. The number of hydrogen-bond acceptors (Lipinski definition) is 3. The maximum absolute atomic E-state index is 12.2. The highest BCUT2D eigenvalue weighted by Crippen LogP contribution is 2.17. The minimum absolute atomic E-state index is 0.104. The summed E-state index contributed by atoms with van der Waals surface area (Å²) >= 11 is 0. The fourth-order valence-electron chi connectivity index (χ4n) is 2.75. The molecule has 110 valence electrons. The number of rotatable bonds is 5. The average molecular weight is 275 g/mol. The van der Waals surface area contributed by atoms with E-state index in [1.165, 1.54) is 19.3 Å². The molecule has 1 fully saturated rings. The number of amides is 1. The van der Waals surface area contributed by atoms with E-state index >= 15 is 0 Å². The lowest BCUT2D eigenvalue weighted by molar-refractivity contribution is -0.123. The monoisotopic (exact) mass is 275 g/mol. The minimum atomic E-state index is -0.188. The van der Waals surface area contributed by atoms with E-state index in [0.717, 1.165) is 18.4 Å². The molecule has 2 rings (SSSR count). The van der Waals surface area contributed by atoms with Crippen LogP contribution in [0.25, 0.3) is 0 Å². The van der Waals surface area contributed by atoms with Crippen LogP contribution < -0.4 is 10.6 Å². The summed E-state index contributed by atoms with van der Waals surface area (Å²) in [6.07, 6.45) is 9.61. The Balaban J connectivity index is 1.81. The summed E-state index contributed by atoms with van der Waals surface area (Å²) in [4.78, 5) is 16.3. The smallest absolute Gasteiger partial charge is 0.237 e. The van der Waals surface area contributed by atoms with Crippen LogP contribution >= 0.6 is 0 Å². The first-order valence-electron chi connectivity index (χ1n) is 7.63. The molecule has 1 aliphatic rings. The molecule has 2 N–H and O–H groups in total. The van der Waals surface area contributed by atoms with E-state index in [1.807, 2.05) is 25.3 Å². The zero-order valence-corrected chi connectivity index (χ0v) is 12.4. The third-order valence-corrected chi connectivity index (χ3v) is 4.03. The van der Waals surface area contributed by atoms with Crippen LogP contribution in [0.15, 0.2) is 24.5 Å². The molecule has 0 bridgehead atoms. The Hall–Kier alpha value is -1.42. The summed E-state index contributed by atoms with van der Waals surface area (Å²) in [5.41, 5.74) is 1.10. The molecule has 1 aromatic rings. The number of aromatic nitrogens is 1. The first-order valence-corrected chi connectivity index (χ1v) is 7.63. The van der Waals surface area contributed by atoms with Crippen LogP contribution in [0.4, 0.5) is 0 Å². The van der Waals surface area contributed by atoms with E-state index in [0.29, 0.717) is 6.04 Å². The van der Waals surface area contributed by atoms with Gasteiger partial charge in [0.15, 0.2) is 0 Å². The Kier molecular flexibility index (Phi) is 5.53. The molecule has 1 heterocycles. The quantitative estimate of drug-likeness (QED) is 0.868. The van der Waals surface area contributed by atoms with Crippen molar-refractivity contribution in [3.05, 3.63) is 30.1 Å². The van der Waals surface area contributed by atoms with Gasteiger partial charge in [-0.3, -0.25) is 15.1 Å². The molecule has 1 amide bonds. The summed E-state index contributed by atoms with van der Waals surface area (Å²) in [6, 6.07) is 4.24. The van der Waals surface area contributed by atoms with Gasteiger partial charge < -0.3 is 5.32 Å². The normalized spacial score (nSPS) is 19.3. The van der Waals surface area contributed by atoms with Crippen LogP contribution in [0.5, 0.6) is 0 Å². The number of carbonyl (C=O) groups is 1. The van der Waals surface area contributed by atoms with E-state index in [2.05, 4.69) is 22.5 Å². The van der Waals surface area contributed by atoms with Crippen molar-refractivity contribution in [3.8, 4) is 0 Å². The van der Waals surface area contributed by atoms with Crippen molar-refractivity contribution >= 4 is 5.91 Å². The standard InChI is InChI=1S/C16H25N3O/c1-12(14-7-6-10-17-11-14)18-13(2)16(20)19-15-8-4-3-5-9-15/h6-7,10-13,15,18H,3-5,8-9H2,1-2H3,(H,19,20). The van der Waals surface area contributed by atoms with Crippen molar-refractivity contribution in [1.29, 1.82) is 0 Å². The highest BCUT2D eigenvalue weighted by Gasteiger charge is 2.20. The Labute approximate surface area is 121 Å². The van der Waals surface area contributed by atoms with E-state index in [-0.39, 0.29) is 18.0 Å². The van der Waals surface area contributed by atoms with Gasteiger partial charge in [0.05, 0.1) is 6.04 Å². The molecule has 0 spiro atoms. The van der Waals surface area contributed by atoms with Gasteiger partial charge in [0.25, 0.3) is 0 Å². The van der Waals surface area contributed by atoms with Crippen LogP contribution in [0.1, 0.15) is 57.6 Å². The van der Waals surface area contributed by atoms with Crippen LogP contribution in [0.2, 0.25) is 0 Å². The number of carbonyl (C=O) groups excluding carboxylic acids is 1. The number of nitrogens with zero attached hydrogens (tertiary/aromatic N) is 1. The van der Waals surface area contributed by atoms with Crippen LogP contribution in [-0.2, 0) is 4.79 Å². The predicted molar refractivity (Wildman–Crippen MR) is 80.3 cm³/mol. The Bertz CT molecular complexity index is 415. The van der Waals surface area contributed by atoms with E-state index in [4.69, 9.17) is 0 Å². The van der Waals surface area contributed by atoms with Crippen molar-refractivity contribution < 1.29 is 4.79 Å². The molecule has 2 atom stereocenters. The van der Waals surface area contributed by atoms with Gasteiger partial charge in [-0.1, -0.05) is 25.3 Å². The van der Waals surface area contributed by atoms with Crippen LogP contribution in [0, 0.1) is 0 Å². The van der Waals surface area contributed by atoms with Crippen molar-refractivity contribution in [2.45, 2.75) is 64.1 Å². The molecule has 1 saturated carbocycles. The fraction of sp³-hybridized carbons (Fsp3) is 0.625. The van der Waals surface area contributed by atoms with Crippen molar-refractivity contribution in [1.82, 2.24) is 15.6 Å². The minimum Gasteiger partial charge on any atom is -0.352 e. The maximum atomic E-state index is 12.2. The third kappa shape index (κ3) is 4.30. The predicted octanol–water partition coefficient (Wildman–Crippen LogP) is 2.57. The number of nitrogens with one attached hydrogen (secondary N) is 2. The van der Waals surface area contributed by atoms with Gasteiger partial charge >= 0.3 is 0 Å². The van der Waals surface area contributed by atoms with Crippen molar-refractivity contribution in [3.63, 3.8) is 0 Å². The molecular formula is C16H25N3O. The zero-order valence-electron chi connectivity index (χ0n) is 12.4. The van der Waals surface area contributed by atoms with Crippen LogP contribution in [-0.4, -0.2) is 23.0 Å². The van der Waals surface area contributed by atoms with Gasteiger partial charge in [0.1, 0.15) is 0 Å². The maximum Gasteiger partial charge on any atom is 0.237 e. The molecule has 4 heteroatoms. The highest BCUT2D eigenvalue weighted by molar-refractivity contribution is 5.81. The molecule has 1 aliphatic carbocycles. The SMILES string of the molecule is CC(NC(C)c1cccnc1)C(=O)NC1CCCCC1.